The fourth-order valence-electron chi connectivity index (χ4n) is 2.41. The van der Waals surface area contributed by atoms with Gasteiger partial charge in [-0.05, 0) is 24.6 Å². The zero-order valence-corrected chi connectivity index (χ0v) is 14.8. The molecule has 10 heteroatoms. The average Bonchev–Trinajstić information content (AvgIpc) is 3.07. The number of benzene rings is 1. The molecule has 0 unspecified atom stereocenters. The van der Waals surface area contributed by atoms with Gasteiger partial charge in [0.1, 0.15) is 12.4 Å². The van der Waals surface area contributed by atoms with Crippen molar-refractivity contribution in [2.24, 2.45) is 4.99 Å². The van der Waals surface area contributed by atoms with Crippen molar-refractivity contribution in [1.82, 2.24) is 19.8 Å². The van der Waals surface area contributed by atoms with E-state index in [0.717, 1.165) is 16.7 Å². The highest BCUT2D eigenvalue weighted by atomic mass is 19.4. The van der Waals surface area contributed by atoms with Gasteiger partial charge in [-0.3, -0.25) is 4.57 Å². The highest BCUT2D eigenvalue weighted by Crippen LogP contribution is 2.29. The van der Waals surface area contributed by atoms with Crippen molar-refractivity contribution >= 4 is 5.96 Å². The molecular weight excluding hydrogens is 369 g/mol. The van der Waals surface area contributed by atoms with E-state index in [9.17, 15) is 22.0 Å². The molecule has 0 aliphatic heterocycles. The number of nitrogens with zero attached hydrogens (tertiary/aromatic N) is 4. The molecule has 5 nitrogen and oxygen atoms in total. The SMILES string of the molecule is CCNC(=NCc1nccn1C(F)F)N(C)Cc1ccc(C(F)(F)F)cc1. The Balaban J connectivity index is 2.09. The van der Waals surface area contributed by atoms with E-state index in [1.165, 1.54) is 24.5 Å². The Hall–Kier alpha value is -2.65. The van der Waals surface area contributed by atoms with Crippen LogP contribution in [0.15, 0.2) is 41.7 Å². The Morgan fingerprint density at radius 1 is 1.26 bits per heavy atom. The Morgan fingerprint density at radius 3 is 2.48 bits per heavy atom. The standard InChI is InChI=1S/C17H20F5N5/c1-3-23-16(25-10-14-24-8-9-27(14)15(18)19)26(2)11-12-4-6-13(7-5-12)17(20,21)22/h4-9,15H,3,10-11H2,1-2H3,(H,23,25). The molecule has 0 atom stereocenters. The number of hydrogen-bond acceptors (Lipinski definition) is 2. The Morgan fingerprint density at radius 2 is 1.93 bits per heavy atom. The molecule has 2 rings (SSSR count). The van der Waals surface area contributed by atoms with Gasteiger partial charge >= 0.3 is 12.7 Å². The molecule has 0 amide bonds. The monoisotopic (exact) mass is 389 g/mol. The molecular formula is C17H20F5N5. The lowest BCUT2D eigenvalue weighted by Crippen LogP contribution is -2.38. The molecule has 1 aromatic heterocycles. The van der Waals surface area contributed by atoms with Crippen molar-refractivity contribution in [3.8, 4) is 0 Å². The second-order valence-electron chi connectivity index (χ2n) is 5.75. The first kappa shape index (κ1) is 20.7. The topological polar surface area (TPSA) is 45.5 Å². The number of aromatic nitrogens is 2. The van der Waals surface area contributed by atoms with Crippen molar-refractivity contribution < 1.29 is 22.0 Å². The summed E-state index contributed by atoms with van der Waals surface area (Å²) in [6.45, 7) is -0.0733. The smallest absolute Gasteiger partial charge is 0.357 e. The molecule has 1 heterocycles. The molecule has 0 fully saturated rings. The van der Waals surface area contributed by atoms with Gasteiger partial charge in [0, 0.05) is 32.5 Å². The van der Waals surface area contributed by atoms with E-state index in [-0.39, 0.29) is 12.4 Å². The van der Waals surface area contributed by atoms with Crippen LogP contribution < -0.4 is 5.32 Å². The zero-order valence-electron chi connectivity index (χ0n) is 14.8. The summed E-state index contributed by atoms with van der Waals surface area (Å²) in [6.07, 6.45) is -1.93. The number of hydrogen-bond donors (Lipinski definition) is 1. The first-order valence-electron chi connectivity index (χ1n) is 8.17. The quantitative estimate of drug-likeness (QED) is 0.463. The number of alkyl halides is 5. The summed E-state index contributed by atoms with van der Waals surface area (Å²) in [5.41, 5.74) is -0.0569. The van der Waals surface area contributed by atoms with E-state index in [1.807, 2.05) is 6.92 Å². The van der Waals surface area contributed by atoms with E-state index in [2.05, 4.69) is 15.3 Å². The van der Waals surface area contributed by atoms with Gasteiger partial charge in [0.2, 0.25) is 0 Å². The number of rotatable bonds is 6. The molecule has 0 saturated heterocycles. The molecule has 1 N–H and O–H groups in total. The summed E-state index contributed by atoms with van der Waals surface area (Å²) < 4.78 is 64.4. The molecule has 0 spiro atoms. The molecule has 0 bridgehead atoms. The van der Waals surface area contributed by atoms with Gasteiger partial charge < -0.3 is 10.2 Å². The van der Waals surface area contributed by atoms with Gasteiger partial charge in [-0.15, -0.1) is 0 Å². The molecule has 0 radical (unpaired) electrons. The van der Waals surface area contributed by atoms with E-state index in [0.29, 0.717) is 24.6 Å². The van der Waals surface area contributed by atoms with Gasteiger partial charge in [-0.2, -0.15) is 22.0 Å². The molecule has 0 aliphatic rings. The second-order valence-corrected chi connectivity index (χ2v) is 5.75. The van der Waals surface area contributed by atoms with Crippen molar-refractivity contribution in [3.63, 3.8) is 0 Å². The van der Waals surface area contributed by atoms with Crippen LogP contribution in [0.5, 0.6) is 0 Å². The van der Waals surface area contributed by atoms with Crippen LogP contribution in [0, 0.1) is 0 Å². The minimum Gasteiger partial charge on any atom is -0.357 e. The van der Waals surface area contributed by atoms with Crippen LogP contribution in [0.25, 0.3) is 0 Å². The predicted molar refractivity (Wildman–Crippen MR) is 91.2 cm³/mol. The van der Waals surface area contributed by atoms with Crippen LogP contribution in [-0.2, 0) is 19.3 Å². The molecule has 2 aromatic rings. The number of aliphatic imine (C=N–C) groups is 1. The fourth-order valence-corrected chi connectivity index (χ4v) is 2.41. The predicted octanol–water partition coefficient (Wildman–Crippen LogP) is 3.89. The zero-order chi connectivity index (χ0) is 20.0. The van der Waals surface area contributed by atoms with Crippen LogP contribution in [0.3, 0.4) is 0 Å². The minimum absolute atomic E-state index is 0.0585. The highest BCUT2D eigenvalue weighted by Gasteiger charge is 2.29. The number of guanidine groups is 1. The van der Waals surface area contributed by atoms with E-state index >= 15 is 0 Å². The van der Waals surface area contributed by atoms with Gasteiger partial charge in [-0.25, -0.2) is 9.98 Å². The van der Waals surface area contributed by atoms with E-state index in [1.54, 1.807) is 11.9 Å². The third kappa shape index (κ3) is 5.66. The lowest BCUT2D eigenvalue weighted by atomic mass is 10.1. The first-order chi connectivity index (χ1) is 12.7. The minimum atomic E-state index is -4.38. The Labute approximate surface area is 153 Å². The second kappa shape index (κ2) is 8.83. The third-order valence-corrected chi connectivity index (χ3v) is 3.73. The van der Waals surface area contributed by atoms with E-state index < -0.39 is 18.3 Å². The van der Waals surface area contributed by atoms with Crippen molar-refractivity contribution in [3.05, 3.63) is 53.6 Å². The Kier molecular flexibility index (Phi) is 6.75. The summed E-state index contributed by atoms with van der Waals surface area (Å²) in [5, 5.41) is 3.02. The van der Waals surface area contributed by atoms with Gasteiger partial charge in [0.15, 0.2) is 5.96 Å². The maximum absolute atomic E-state index is 12.9. The van der Waals surface area contributed by atoms with Crippen LogP contribution >= 0.6 is 0 Å². The number of imidazole rings is 1. The van der Waals surface area contributed by atoms with Gasteiger partial charge in [-0.1, -0.05) is 12.1 Å². The number of halogens is 5. The molecule has 0 saturated carbocycles. The summed E-state index contributed by atoms with van der Waals surface area (Å²) in [6, 6.07) is 4.83. The fraction of sp³-hybridized carbons (Fsp3) is 0.412. The van der Waals surface area contributed by atoms with Crippen molar-refractivity contribution in [2.75, 3.05) is 13.6 Å². The molecule has 0 aliphatic carbocycles. The largest absolute Gasteiger partial charge is 0.416 e. The maximum Gasteiger partial charge on any atom is 0.416 e. The van der Waals surface area contributed by atoms with E-state index in [4.69, 9.17) is 0 Å². The van der Waals surface area contributed by atoms with Crippen LogP contribution in [-0.4, -0.2) is 34.0 Å². The van der Waals surface area contributed by atoms with Crippen LogP contribution in [0.2, 0.25) is 0 Å². The third-order valence-electron chi connectivity index (χ3n) is 3.73. The normalized spacial score (nSPS) is 12.5. The molecule has 1 aromatic carbocycles. The highest BCUT2D eigenvalue weighted by molar-refractivity contribution is 5.79. The molecule has 27 heavy (non-hydrogen) atoms. The van der Waals surface area contributed by atoms with Gasteiger partial charge in [0.25, 0.3) is 0 Å². The lowest BCUT2D eigenvalue weighted by molar-refractivity contribution is -0.137. The molecule has 148 valence electrons. The summed E-state index contributed by atoms with van der Waals surface area (Å²) in [7, 11) is 1.71. The summed E-state index contributed by atoms with van der Waals surface area (Å²) >= 11 is 0. The average molecular weight is 389 g/mol. The number of nitrogens with one attached hydrogen (secondary N) is 1. The van der Waals surface area contributed by atoms with Crippen molar-refractivity contribution in [2.45, 2.75) is 32.7 Å². The summed E-state index contributed by atoms with van der Waals surface area (Å²) in [5.74, 6) is 0.546. The van der Waals surface area contributed by atoms with Gasteiger partial charge in [0.05, 0.1) is 5.56 Å². The van der Waals surface area contributed by atoms with Crippen LogP contribution in [0.4, 0.5) is 22.0 Å². The lowest BCUT2D eigenvalue weighted by Gasteiger charge is -2.22. The maximum atomic E-state index is 12.9. The van der Waals surface area contributed by atoms with Crippen molar-refractivity contribution in [1.29, 1.82) is 0 Å². The Bertz CT molecular complexity index is 752. The first-order valence-corrected chi connectivity index (χ1v) is 8.17. The van der Waals surface area contributed by atoms with Crippen LogP contribution in [0.1, 0.15) is 30.4 Å². The summed E-state index contributed by atoms with van der Waals surface area (Å²) in [4.78, 5) is 9.85.